The second-order valence-corrected chi connectivity index (χ2v) is 7.25. The Morgan fingerprint density at radius 2 is 2.10 bits per heavy atom. The van der Waals surface area contributed by atoms with Crippen LogP contribution >= 0.6 is 11.3 Å². The predicted molar refractivity (Wildman–Crippen MR) is 83.0 cm³/mol. The fourth-order valence-electron chi connectivity index (χ4n) is 3.53. The van der Waals surface area contributed by atoms with Gasteiger partial charge in [0.1, 0.15) is 12.6 Å². The first-order valence-electron chi connectivity index (χ1n) is 7.73. The lowest BCUT2D eigenvalue weighted by atomic mass is 9.94. The summed E-state index contributed by atoms with van der Waals surface area (Å²) in [6.45, 7) is 5.22. The Balaban J connectivity index is 1.90. The van der Waals surface area contributed by atoms with Gasteiger partial charge in [0.05, 0.1) is 6.04 Å². The van der Waals surface area contributed by atoms with E-state index in [1.54, 1.807) is 16.2 Å². The Morgan fingerprint density at radius 3 is 2.76 bits per heavy atom. The molecule has 3 heterocycles. The summed E-state index contributed by atoms with van der Waals surface area (Å²) in [5.74, 6) is 0.554. The molecule has 0 N–H and O–H groups in total. The molecule has 2 saturated heterocycles. The van der Waals surface area contributed by atoms with E-state index < -0.39 is 0 Å². The lowest BCUT2D eigenvalue weighted by molar-refractivity contribution is -0.161. The monoisotopic (exact) mass is 306 g/mol. The van der Waals surface area contributed by atoms with Crippen molar-refractivity contribution in [2.24, 2.45) is 5.92 Å². The van der Waals surface area contributed by atoms with Crippen molar-refractivity contribution in [1.29, 1.82) is 0 Å². The first-order valence-corrected chi connectivity index (χ1v) is 8.61. The van der Waals surface area contributed by atoms with Crippen LogP contribution in [0.1, 0.15) is 44.0 Å². The molecular weight excluding hydrogens is 284 g/mol. The van der Waals surface area contributed by atoms with Crippen molar-refractivity contribution >= 4 is 23.2 Å². The van der Waals surface area contributed by atoms with Gasteiger partial charge in [-0.3, -0.25) is 9.59 Å². The molecule has 2 amide bonds. The number of nitrogens with zero attached hydrogens (tertiary/aromatic N) is 2. The molecule has 2 aliphatic rings. The van der Waals surface area contributed by atoms with E-state index in [1.165, 1.54) is 4.88 Å². The molecule has 0 radical (unpaired) electrons. The van der Waals surface area contributed by atoms with Crippen LogP contribution in [0, 0.1) is 5.92 Å². The number of hydrogen-bond donors (Lipinski definition) is 0. The normalized spacial score (nSPS) is 24.4. The van der Waals surface area contributed by atoms with Gasteiger partial charge in [0.2, 0.25) is 11.8 Å². The smallest absolute Gasteiger partial charge is 0.246 e. The van der Waals surface area contributed by atoms with E-state index in [4.69, 9.17) is 0 Å². The van der Waals surface area contributed by atoms with Crippen molar-refractivity contribution in [2.45, 2.75) is 45.2 Å². The molecule has 2 unspecified atom stereocenters. The fourth-order valence-corrected chi connectivity index (χ4v) is 4.54. The maximum absolute atomic E-state index is 12.9. The second kappa shape index (κ2) is 5.79. The Morgan fingerprint density at radius 1 is 1.29 bits per heavy atom. The molecule has 21 heavy (non-hydrogen) atoms. The van der Waals surface area contributed by atoms with Crippen molar-refractivity contribution < 1.29 is 9.59 Å². The average Bonchev–Trinajstić information content (AvgIpc) is 2.98. The highest BCUT2D eigenvalue weighted by Gasteiger charge is 2.43. The van der Waals surface area contributed by atoms with Gasteiger partial charge < -0.3 is 9.80 Å². The van der Waals surface area contributed by atoms with E-state index in [1.807, 2.05) is 16.3 Å². The van der Waals surface area contributed by atoms with Gasteiger partial charge in [-0.1, -0.05) is 19.9 Å². The molecule has 0 aromatic carbocycles. The van der Waals surface area contributed by atoms with Gasteiger partial charge in [-0.05, 0) is 36.6 Å². The zero-order valence-electron chi connectivity index (χ0n) is 12.6. The minimum absolute atomic E-state index is 0.0190. The average molecular weight is 306 g/mol. The largest absolute Gasteiger partial charge is 0.329 e. The molecule has 0 saturated carbocycles. The van der Waals surface area contributed by atoms with E-state index in [-0.39, 0.29) is 30.4 Å². The summed E-state index contributed by atoms with van der Waals surface area (Å²) in [4.78, 5) is 30.1. The number of fused-ring (bicyclic) bond motifs is 1. The maximum Gasteiger partial charge on any atom is 0.246 e. The molecule has 2 aliphatic heterocycles. The topological polar surface area (TPSA) is 40.6 Å². The molecule has 4 nitrogen and oxygen atoms in total. The SMILES string of the molecule is CC(C)C(c1cccs1)N1CC(=O)N2CCCCC2C1=O. The molecule has 0 aliphatic carbocycles. The van der Waals surface area contributed by atoms with Gasteiger partial charge in [-0.15, -0.1) is 11.3 Å². The zero-order chi connectivity index (χ0) is 15.0. The minimum atomic E-state index is -0.221. The minimum Gasteiger partial charge on any atom is -0.329 e. The molecule has 0 bridgehead atoms. The fraction of sp³-hybridized carbons (Fsp3) is 0.625. The molecule has 114 valence electrons. The standard InChI is InChI=1S/C16H22N2O2S/c1-11(2)15(13-7-5-9-21-13)18-10-14(19)17-8-4-3-6-12(17)16(18)20/h5,7,9,11-12,15H,3-4,6,8,10H2,1-2H3. The highest BCUT2D eigenvalue weighted by molar-refractivity contribution is 7.10. The third-order valence-electron chi connectivity index (χ3n) is 4.50. The van der Waals surface area contributed by atoms with E-state index >= 15 is 0 Å². The summed E-state index contributed by atoms with van der Waals surface area (Å²) in [6, 6.07) is 3.88. The summed E-state index contributed by atoms with van der Waals surface area (Å²) in [5.41, 5.74) is 0. The number of thiophene rings is 1. The Kier molecular flexibility index (Phi) is 4.02. The molecule has 0 spiro atoms. The van der Waals surface area contributed by atoms with Crippen molar-refractivity contribution in [3.63, 3.8) is 0 Å². The number of piperazine rings is 1. The number of rotatable bonds is 3. The summed E-state index contributed by atoms with van der Waals surface area (Å²) in [5, 5.41) is 2.04. The van der Waals surface area contributed by atoms with Crippen LogP contribution in [0.4, 0.5) is 0 Å². The van der Waals surface area contributed by atoms with Crippen molar-refractivity contribution in [3.8, 4) is 0 Å². The van der Waals surface area contributed by atoms with Crippen LogP contribution in [0.25, 0.3) is 0 Å². The Hall–Kier alpha value is -1.36. The van der Waals surface area contributed by atoms with E-state index in [0.29, 0.717) is 5.92 Å². The predicted octanol–water partition coefficient (Wildman–Crippen LogP) is 2.67. The second-order valence-electron chi connectivity index (χ2n) is 6.27. The Labute approximate surface area is 129 Å². The molecule has 3 rings (SSSR count). The summed E-state index contributed by atoms with van der Waals surface area (Å²) in [7, 11) is 0. The number of amides is 2. The third-order valence-corrected chi connectivity index (χ3v) is 5.44. The van der Waals surface area contributed by atoms with Crippen LogP contribution in [0.2, 0.25) is 0 Å². The quantitative estimate of drug-likeness (QED) is 0.861. The van der Waals surface area contributed by atoms with E-state index in [9.17, 15) is 9.59 Å². The van der Waals surface area contributed by atoms with Crippen LogP contribution in [0.3, 0.4) is 0 Å². The van der Waals surface area contributed by atoms with Gasteiger partial charge in [-0.2, -0.15) is 0 Å². The molecule has 2 atom stereocenters. The number of hydrogen-bond acceptors (Lipinski definition) is 3. The number of carbonyl (C=O) groups is 2. The van der Waals surface area contributed by atoms with Crippen LogP contribution in [0.15, 0.2) is 17.5 Å². The molecule has 5 heteroatoms. The highest BCUT2D eigenvalue weighted by Crippen LogP contribution is 2.35. The van der Waals surface area contributed by atoms with Crippen LogP contribution < -0.4 is 0 Å². The highest BCUT2D eigenvalue weighted by atomic mass is 32.1. The molecule has 1 aromatic rings. The van der Waals surface area contributed by atoms with Crippen LogP contribution in [0.5, 0.6) is 0 Å². The van der Waals surface area contributed by atoms with Crippen molar-refractivity contribution in [2.75, 3.05) is 13.1 Å². The van der Waals surface area contributed by atoms with Gasteiger partial charge in [0, 0.05) is 11.4 Å². The first-order chi connectivity index (χ1) is 10.1. The van der Waals surface area contributed by atoms with Gasteiger partial charge in [0.25, 0.3) is 0 Å². The zero-order valence-corrected chi connectivity index (χ0v) is 13.4. The van der Waals surface area contributed by atoms with Crippen LogP contribution in [-0.4, -0.2) is 40.7 Å². The summed E-state index contributed by atoms with van der Waals surface area (Å²) < 4.78 is 0. The summed E-state index contributed by atoms with van der Waals surface area (Å²) >= 11 is 1.67. The number of carbonyl (C=O) groups excluding carboxylic acids is 2. The van der Waals surface area contributed by atoms with E-state index in [2.05, 4.69) is 19.9 Å². The van der Waals surface area contributed by atoms with Gasteiger partial charge in [0.15, 0.2) is 0 Å². The Bertz CT molecular complexity index is 526. The van der Waals surface area contributed by atoms with Gasteiger partial charge in [-0.25, -0.2) is 0 Å². The lowest BCUT2D eigenvalue weighted by Gasteiger charge is -2.46. The number of piperidine rings is 1. The maximum atomic E-state index is 12.9. The van der Waals surface area contributed by atoms with E-state index in [0.717, 1.165) is 25.8 Å². The summed E-state index contributed by atoms with van der Waals surface area (Å²) in [6.07, 6.45) is 2.88. The molecule has 2 fully saturated rings. The van der Waals surface area contributed by atoms with Crippen molar-refractivity contribution in [3.05, 3.63) is 22.4 Å². The van der Waals surface area contributed by atoms with Crippen molar-refractivity contribution in [1.82, 2.24) is 9.80 Å². The van der Waals surface area contributed by atoms with Gasteiger partial charge >= 0.3 is 0 Å². The molecular formula is C16H22N2O2S. The first kappa shape index (κ1) is 14.6. The molecule has 1 aromatic heterocycles. The van der Waals surface area contributed by atoms with Crippen LogP contribution in [-0.2, 0) is 9.59 Å². The lowest BCUT2D eigenvalue weighted by Crippen LogP contribution is -2.62. The third kappa shape index (κ3) is 2.59.